The van der Waals surface area contributed by atoms with E-state index in [1.165, 1.54) is 12.1 Å². The van der Waals surface area contributed by atoms with Gasteiger partial charge in [0.15, 0.2) is 0 Å². The zero-order chi connectivity index (χ0) is 17.3. The van der Waals surface area contributed by atoms with E-state index < -0.39 is 17.6 Å². The van der Waals surface area contributed by atoms with Gasteiger partial charge in [-0.2, -0.15) is 13.2 Å². The van der Waals surface area contributed by atoms with Gasteiger partial charge >= 0.3 is 6.18 Å². The highest BCUT2D eigenvalue weighted by molar-refractivity contribution is 6.31. The summed E-state index contributed by atoms with van der Waals surface area (Å²) in [7, 11) is 0. The number of alkyl halides is 3. The van der Waals surface area contributed by atoms with Crippen molar-refractivity contribution in [1.82, 2.24) is 10.4 Å². The summed E-state index contributed by atoms with van der Waals surface area (Å²) in [5.41, 5.74) is 5.08. The summed E-state index contributed by atoms with van der Waals surface area (Å²) in [6.45, 7) is 0. The molecule has 24 heavy (non-hydrogen) atoms. The van der Waals surface area contributed by atoms with Crippen molar-refractivity contribution in [3.63, 3.8) is 0 Å². The molecule has 0 fully saturated rings. The predicted molar refractivity (Wildman–Crippen MR) is 85.8 cm³/mol. The first kappa shape index (κ1) is 16.2. The van der Waals surface area contributed by atoms with Gasteiger partial charge in [0, 0.05) is 15.9 Å². The van der Waals surface area contributed by atoms with Crippen molar-refractivity contribution in [2.45, 2.75) is 6.18 Å². The molecule has 3 rings (SSSR count). The fraction of sp³-hybridized carbons (Fsp3) is 0.0625. The number of rotatable bonds is 3. The van der Waals surface area contributed by atoms with Gasteiger partial charge in [0.25, 0.3) is 5.91 Å². The van der Waals surface area contributed by atoms with Crippen LogP contribution in [0.4, 0.5) is 18.9 Å². The van der Waals surface area contributed by atoms with Crippen LogP contribution in [-0.2, 0) is 6.18 Å². The van der Waals surface area contributed by atoms with Crippen LogP contribution in [-0.4, -0.2) is 10.9 Å². The number of aromatic nitrogens is 1. The van der Waals surface area contributed by atoms with E-state index in [4.69, 9.17) is 11.6 Å². The molecule has 0 saturated carbocycles. The number of anilines is 1. The lowest BCUT2D eigenvalue weighted by atomic mass is 10.2. The Morgan fingerprint density at radius 2 is 1.88 bits per heavy atom. The number of carbonyl (C=O) groups excluding carboxylic acids is 1. The quantitative estimate of drug-likeness (QED) is 0.603. The largest absolute Gasteiger partial charge is 0.416 e. The average Bonchev–Trinajstić information content (AvgIpc) is 2.95. The zero-order valence-electron chi connectivity index (χ0n) is 12.0. The van der Waals surface area contributed by atoms with Crippen LogP contribution in [0, 0.1) is 0 Å². The molecule has 3 N–H and O–H groups in total. The number of benzene rings is 2. The van der Waals surface area contributed by atoms with Crippen LogP contribution in [0.3, 0.4) is 0 Å². The number of hydrazine groups is 1. The highest BCUT2D eigenvalue weighted by Crippen LogP contribution is 2.30. The number of hydrogen-bond donors (Lipinski definition) is 3. The molecule has 0 aliphatic rings. The molecule has 1 amide bonds. The van der Waals surface area contributed by atoms with Crippen LogP contribution in [0.5, 0.6) is 0 Å². The SMILES string of the molecule is O=C(NNc1cccc(C(F)(F)F)c1)c1cc2ccc(Cl)cc2[nH]1. The number of carbonyl (C=O) groups is 1. The molecule has 0 radical (unpaired) electrons. The summed E-state index contributed by atoms with van der Waals surface area (Å²) in [5.74, 6) is -0.514. The molecule has 8 heteroatoms. The lowest BCUT2D eigenvalue weighted by molar-refractivity contribution is -0.137. The first-order valence-corrected chi connectivity index (χ1v) is 7.22. The summed E-state index contributed by atoms with van der Waals surface area (Å²) >= 11 is 5.88. The van der Waals surface area contributed by atoms with Crippen LogP contribution in [0.2, 0.25) is 5.02 Å². The van der Waals surface area contributed by atoms with E-state index in [-0.39, 0.29) is 11.4 Å². The molecule has 0 unspecified atom stereocenters. The van der Waals surface area contributed by atoms with E-state index in [1.807, 2.05) is 0 Å². The van der Waals surface area contributed by atoms with Gasteiger partial charge in [0.05, 0.1) is 11.3 Å². The van der Waals surface area contributed by atoms with E-state index >= 15 is 0 Å². The van der Waals surface area contributed by atoms with Crippen LogP contribution in [0.1, 0.15) is 16.1 Å². The highest BCUT2D eigenvalue weighted by atomic mass is 35.5. The van der Waals surface area contributed by atoms with Crippen LogP contribution < -0.4 is 10.9 Å². The molecule has 0 spiro atoms. The maximum atomic E-state index is 12.7. The van der Waals surface area contributed by atoms with E-state index in [9.17, 15) is 18.0 Å². The first-order chi connectivity index (χ1) is 11.3. The van der Waals surface area contributed by atoms with E-state index in [0.717, 1.165) is 17.5 Å². The van der Waals surface area contributed by atoms with Crippen molar-refractivity contribution in [2.75, 3.05) is 5.43 Å². The van der Waals surface area contributed by atoms with Crippen LogP contribution >= 0.6 is 11.6 Å². The predicted octanol–water partition coefficient (Wildman–Crippen LogP) is 4.60. The number of amides is 1. The minimum absolute atomic E-state index is 0.123. The van der Waals surface area contributed by atoms with Crippen molar-refractivity contribution >= 4 is 34.1 Å². The summed E-state index contributed by atoms with van der Waals surface area (Å²) in [4.78, 5) is 15.0. The Hall–Kier alpha value is -2.67. The molecule has 0 aliphatic heterocycles. The third-order valence-electron chi connectivity index (χ3n) is 3.34. The van der Waals surface area contributed by atoms with E-state index in [2.05, 4.69) is 15.8 Å². The maximum absolute atomic E-state index is 12.7. The number of H-pyrrole nitrogens is 1. The number of halogens is 4. The Bertz CT molecular complexity index is 905. The molecule has 0 atom stereocenters. The van der Waals surface area contributed by atoms with Gasteiger partial charge in [-0.3, -0.25) is 15.6 Å². The molecule has 0 saturated heterocycles. The zero-order valence-corrected chi connectivity index (χ0v) is 12.8. The highest BCUT2D eigenvalue weighted by Gasteiger charge is 2.30. The second-order valence-electron chi connectivity index (χ2n) is 5.07. The molecular formula is C16H11ClF3N3O. The maximum Gasteiger partial charge on any atom is 0.416 e. The van der Waals surface area contributed by atoms with Crippen molar-refractivity contribution < 1.29 is 18.0 Å². The summed E-state index contributed by atoms with van der Waals surface area (Å²) < 4.78 is 38.0. The van der Waals surface area contributed by atoms with Crippen molar-refractivity contribution in [1.29, 1.82) is 0 Å². The van der Waals surface area contributed by atoms with Gasteiger partial charge in [-0.05, 0) is 36.4 Å². The molecule has 0 aliphatic carbocycles. The number of hydrogen-bond acceptors (Lipinski definition) is 2. The minimum Gasteiger partial charge on any atom is -0.350 e. The van der Waals surface area contributed by atoms with Gasteiger partial charge in [-0.15, -0.1) is 0 Å². The second kappa shape index (κ2) is 6.09. The van der Waals surface area contributed by atoms with Crippen molar-refractivity contribution in [3.05, 3.63) is 64.8 Å². The minimum atomic E-state index is -4.45. The molecule has 124 valence electrons. The van der Waals surface area contributed by atoms with E-state index in [1.54, 1.807) is 24.3 Å². The summed E-state index contributed by atoms with van der Waals surface area (Å²) in [6.07, 6.45) is -4.45. The second-order valence-corrected chi connectivity index (χ2v) is 5.51. The topological polar surface area (TPSA) is 56.9 Å². The third-order valence-corrected chi connectivity index (χ3v) is 3.57. The van der Waals surface area contributed by atoms with Crippen LogP contribution in [0.25, 0.3) is 10.9 Å². The lowest BCUT2D eigenvalue weighted by Crippen LogP contribution is -2.29. The molecule has 0 bridgehead atoms. The standard InChI is InChI=1S/C16H11ClF3N3O/c17-11-5-4-9-6-14(21-13(9)8-11)15(24)23-22-12-3-1-2-10(7-12)16(18,19)20/h1-8,21-22H,(H,23,24). The molecule has 2 aromatic carbocycles. The first-order valence-electron chi connectivity index (χ1n) is 6.85. The van der Waals surface area contributed by atoms with Crippen LogP contribution in [0.15, 0.2) is 48.5 Å². The Labute approximate surface area is 139 Å². The average molecular weight is 354 g/mol. The Balaban J connectivity index is 1.73. The van der Waals surface area contributed by atoms with Gasteiger partial charge in [-0.1, -0.05) is 23.7 Å². The summed E-state index contributed by atoms with van der Waals surface area (Å²) in [6, 6.07) is 11.3. The molecule has 1 heterocycles. The van der Waals surface area contributed by atoms with Gasteiger partial charge in [-0.25, -0.2) is 0 Å². The van der Waals surface area contributed by atoms with Crippen molar-refractivity contribution in [3.8, 4) is 0 Å². The van der Waals surface area contributed by atoms with E-state index in [0.29, 0.717) is 10.5 Å². The fourth-order valence-corrected chi connectivity index (χ4v) is 2.36. The normalized spacial score (nSPS) is 11.5. The van der Waals surface area contributed by atoms with Gasteiger partial charge in [0.2, 0.25) is 0 Å². The van der Waals surface area contributed by atoms with Gasteiger partial charge in [0.1, 0.15) is 5.69 Å². The fourth-order valence-electron chi connectivity index (χ4n) is 2.19. The monoisotopic (exact) mass is 353 g/mol. The summed E-state index contributed by atoms with van der Waals surface area (Å²) in [5, 5.41) is 1.32. The Morgan fingerprint density at radius 3 is 2.62 bits per heavy atom. The molecule has 3 aromatic rings. The number of fused-ring (bicyclic) bond motifs is 1. The lowest BCUT2D eigenvalue weighted by Gasteiger charge is -2.11. The smallest absolute Gasteiger partial charge is 0.350 e. The number of nitrogens with one attached hydrogen (secondary N) is 3. The molecule has 1 aromatic heterocycles. The molecular weight excluding hydrogens is 343 g/mol. The number of aromatic amines is 1. The Kier molecular flexibility index (Phi) is 4.11. The third kappa shape index (κ3) is 3.46. The molecule has 4 nitrogen and oxygen atoms in total. The van der Waals surface area contributed by atoms with Crippen molar-refractivity contribution in [2.24, 2.45) is 0 Å². The van der Waals surface area contributed by atoms with Gasteiger partial charge < -0.3 is 4.98 Å². The Morgan fingerprint density at radius 1 is 1.08 bits per heavy atom.